The van der Waals surface area contributed by atoms with Crippen molar-refractivity contribution >= 4 is 21.7 Å². The zero-order chi connectivity index (χ0) is 16.5. The van der Waals surface area contributed by atoms with Crippen LogP contribution < -0.4 is 0 Å². The van der Waals surface area contributed by atoms with Crippen molar-refractivity contribution in [2.24, 2.45) is 0 Å². The van der Waals surface area contributed by atoms with Crippen LogP contribution in [0.3, 0.4) is 0 Å². The molecular weight excluding hydrogens is 294 g/mol. The lowest BCUT2D eigenvalue weighted by Gasteiger charge is -2.13. The number of nitrogens with one attached hydrogen (secondary N) is 1. The number of aromatic nitrogens is 3. The molecule has 0 amide bonds. The standard InChI is InChI=1S/C21H21N3/c1-14(2)20-11-21-19(13-23-24-21)10-17(20)6-4-15-3-5-16-7-8-22-12-18(16)9-15/h3,5,7-14H,4,6H2,1-2H3,(H,23,24). The molecule has 3 heteroatoms. The molecule has 0 unspecified atom stereocenters. The van der Waals surface area contributed by atoms with Crippen molar-refractivity contribution < 1.29 is 0 Å². The fraction of sp³-hybridized carbons (Fsp3) is 0.238. The second kappa shape index (κ2) is 6.08. The summed E-state index contributed by atoms with van der Waals surface area (Å²) in [5.74, 6) is 0.508. The van der Waals surface area contributed by atoms with Crippen molar-refractivity contribution in [3.8, 4) is 0 Å². The van der Waals surface area contributed by atoms with Gasteiger partial charge < -0.3 is 0 Å². The summed E-state index contributed by atoms with van der Waals surface area (Å²) in [6.45, 7) is 4.51. The van der Waals surface area contributed by atoms with Crippen molar-refractivity contribution in [2.75, 3.05) is 0 Å². The Labute approximate surface area is 141 Å². The fourth-order valence-electron chi connectivity index (χ4n) is 3.38. The summed E-state index contributed by atoms with van der Waals surface area (Å²) < 4.78 is 0. The number of pyridine rings is 1. The van der Waals surface area contributed by atoms with Gasteiger partial charge in [-0.3, -0.25) is 10.1 Å². The second-order valence-electron chi connectivity index (χ2n) is 6.72. The average molecular weight is 315 g/mol. The number of benzene rings is 2. The topological polar surface area (TPSA) is 41.6 Å². The highest BCUT2D eigenvalue weighted by atomic mass is 15.1. The van der Waals surface area contributed by atoms with Crippen molar-refractivity contribution in [1.82, 2.24) is 15.2 Å². The van der Waals surface area contributed by atoms with Crippen LogP contribution in [0.25, 0.3) is 21.7 Å². The quantitative estimate of drug-likeness (QED) is 0.574. The normalized spacial score (nSPS) is 11.6. The molecule has 0 saturated carbocycles. The summed E-state index contributed by atoms with van der Waals surface area (Å²) in [5, 5.41) is 10.9. The Morgan fingerprint density at radius 1 is 0.917 bits per heavy atom. The molecule has 0 bridgehead atoms. The highest BCUT2D eigenvalue weighted by molar-refractivity contribution is 5.82. The van der Waals surface area contributed by atoms with Gasteiger partial charge in [0.1, 0.15) is 0 Å². The highest BCUT2D eigenvalue weighted by Gasteiger charge is 2.10. The molecule has 0 aliphatic heterocycles. The van der Waals surface area contributed by atoms with E-state index in [1.165, 1.54) is 32.8 Å². The van der Waals surface area contributed by atoms with E-state index in [1.807, 2.05) is 18.6 Å². The highest BCUT2D eigenvalue weighted by Crippen LogP contribution is 2.26. The van der Waals surface area contributed by atoms with Gasteiger partial charge in [-0.05, 0) is 65.1 Å². The van der Waals surface area contributed by atoms with Crippen molar-refractivity contribution in [3.05, 3.63) is 71.7 Å². The van der Waals surface area contributed by atoms with Crippen molar-refractivity contribution in [1.29, 1.82) is 0 Å². The second-order valence-corrected chi connectivity index (χ2v) is 6.72. The molecule has 0 atom stereocenters. The summed E-state index contributed by atoms with van der Waals surface area (Å²) in [6, 6.07) is 13.3. The molecule has 0 aliphatic rings. The Morgan fingerprint density at radius 3 is 2.71 bits per heavy atom. The van der Waals surface area contributed by atoms with Gasteiger partial charge in [-0.1, -0.05) is 26.0 Å². The van der Waals surface area contributed by atoms with Crippen LogP contribution in [0.15, 0.2) is 55.0 Å². The summed E-state index contributed by atoms with van der Waals surface area (Å²) >= 11 is 0. The maximum absolute atomic E-state index is 4.23. The van der Waals surface area contributed by atoms with E-state index in [2.05, 4.69) is 65.4 Å². The van der Waals surface area contributed by atoms with Crippen molar-refractivity contribution in [2.45, 2.75) is 32.6 Å². The summed E-state index contributed by atoms with van der Waals surface area (Å²) in [7, 11) is 0. The number of H-pyrrole nitrogens is 1. The van der Waals surface area contributed by atoms with Crippen LogP contribution in [0.2, 0.25) is 0 Å². The van der Waals surface area contributed by atoms with Crippen molar-refractivity contribution in [3.63, 3.8) is 0 Å². The zero-order valence-electron chi connectivity index (χ0n) is 14.1. The third-order valence-corrected chi connectivity index (χ3v) is 4.71. The molecule has 120 valence electrons. The van der Waals surface area contributed by atoms with Crippen LogP contribution in [0.4, 0.5) is 0 Å². The average Bonchev–Trinajstić information content (AvgIpc) is 3.06. The third kappa shape index (κ3) is 2.78. The van der Waals surface area contributed by atoms with Gasteiger partial charge in [-0.15, -0.1) is 0 Å². The molecule has 24 heavy (non-hydrogen) atoms. The van der Waals surface area contributed by atoms with Gasteiger partial charge in [0.15, 0.2) is 0 Å². The lowest BCUT2D eigenvalue weighted by atomic mass is 9.92. The van der Waals surface area contributed by atoms with E-state index in [0.717, 1.165) is 18.4 Å². The molecule has 4 aromatic rings. The van der Waals surface area contributed by atoms with Crippen LogP contribution in [0, 0.1) is 0 Å². The fourth-order valence-corrected chi connectivity index (χ4v) is 3.38. The van der Waals surface area contributed by atoms with Crippen LogP contribution in [0.5, 0.6) is 0 Å². The van der Waals surface area contributed by atoms with E-state index in [0.29, 0.717) is 5.92 Å². The minimum absolute atomic E-state index is 0.508. The van der Waals surface area contributed by atoms with Gasteiger partial charge >= 0.3 is 0 Å². The van der Waals surface area contributed by atoms with E-state index in [9.17, 15) is 0 Å². The Kier molecular flexibility index (Phi) is 3.77. The molecule has 0 fully saturated rings. The van der Waals surface area contributed by atoms with Gasteiger partial charge in [0, 0.05) is 23.2 Å². The Bertz CT molecular complexity index is 998. The predicted octanol–water partition coefficient (Wildman–Crippen LogP) is 5.02. The molecule has 0 saturated heterocycles. The lowest BCUT2D eigenvalue weighted by molar-refractivity contribution is 0.831. The van der Waals surface area contributed by atoms with Gasteiger partial charge in [-0.25, -0.2) is 0 Å². The van der Waals surface area contributed by atoms with Gasteiger partial charge in [0.25, 0.3) is 0 Å². The first-order chi connectivity index (χ1) is 11.7. The Hall–Kier alpha value is -2.68. The van der Waals surface area contributed by atoms with Crippen LogP contribution in [-0.4, -0.2) is 15.2 Å². The Morgan fingerprint density at radius 2 is 1.83 bits per heavy atom. The van der Waals surface area contributed by atoms with E-state index in [-0.39, 0.29) is 0 Å². The van der Waals surface area contributed by atoms with E-state index < -0.39 is 0 Å². The molecule has 4 rings (SSSR count). The van der Waals surface area contributed by atoms with Crippen LogP contribution in [-0.2, 0) is 12.8 Å². The number of aromatic amines is 1. The number of hydrogen-bond acceptors (Lipinski definition) is 2. The van der Waals surface area contributed by atoms with E-state index >= 15 is 0 Å². The Balaban J connectivity index is 1.64. The molecule has 2 heterocycles. The number of fused-ring (bicyclic) bond motifs is 2. The molecule has 1 N–H and O–H groups in total. The number of aryl methyl sites for hydroxylation is 2. The first kappa shape index (κ1) is 14.9. The first-order valence-electron chi connectivity index (χ1n) is 8.49. The van der Waals surface area contributed by atoms with E-state index in [1.54, 1.807) is 0 Å². The van der Waals surface area contributed by atoms with Gasteiger partial charge in [0.2, 0.25) is 0 Å². The molecule has 0 radical (unpaired) electrons. The van der Waals surface area contributed by atoms with Crippen LogP contribution >= 0.6 is 0 Å². The molecule has 3 nitrogen and oxygen atoms in total. The minimum atomic E-state index is 0.508. The minimum Gasteiger partial charge on any atom is -0.278 e. The SMILES string of the molecule is CC(C)c1cc2[nH]ncc2cc1CCc1ccc2ccncc2c1. The number of rotatable bonds is 4. The summed E-state index contributed by atoms with van der Waals surface area (Å²) in [6.07, 6.45) is 7.77. The largest absolute Gasteiger partial charge is 0.278 e. The molecular formula is C21H21N3. The summed E-state index contributed by atoms with van der Waals surface area (Å²) in [5.41, 5.74) is 5.32. The smallest absolute Gasteiger partial charge is 0.0653 e. The molecule has 2 aromatic carbocycles. The maximum atomic E-state index is 4.23. The van der Waals surface area contributed by atoms with Crippen LogP contribution in [0.1, 0.15) is 36.5 Å². The molecule has 0 spiro atoms. The first-order valence-corrected chi connectivity index (χ1v) is 8.49. The maximum Gasteiger partial charge on any atom is 0.0653 e. The number of nitrogens with zero attached hydrogens (tertiary/aromatic N) is 2. The summed E-state index contributed by atoms with van der Waals surface area (Å²) in [4.78, 5) is 4.23. The lowest BCUT2D eigenvalue weighted by Crippen LogP contribution is -1.99. The van der Waals surface area contributed by atoms with E-state index in [4.69, 9.17) is 0 Å². The molecule has 2 aromatic heterocycles. The third-order valence-electron chi connectivity index (χ3n) is 4.71. The predicted molar refractivity (Wildman–Crippen MR) is 99.3 cm³/mol. The number of hydrogen-bond donors (Lipinski definition) is 1. The monoisotopic (exact) mass is 315 g/mol. The molecule has 0 aliphatic carbocycles. The van der Waals surface area contributed by atoms with Gasteiger partial charge in [-0.2, -0.15) is 5.10 Å². The van der Waals surface area contributed by atoms with Gasteiger partial charge in [0.05, 0.1) is 11.7 Å². The zero-order valence-corrected chi connectivity index (χ0v) is 14.1.